The van der Waals surface area contributed by atoms with Crippen LogP contribution in [0, 0.1) is 0 Å². The second-order valence-electron chi connectivity index (χ2n) is 8.45. The number of carbonyl (C=O) groups excluding carboxylic acids is 2. The smallest absolute Gasteiger partial charge is 0.251 e. The number of nitrogens with two attached hydrogens (primary N) is 1. The van der Waals surface area contributed by atoms with Gasteiger partial charge in [0, 0.05) is 73.0 Å². The van der Waals surface area contributed by atoms with Crippen LogP contribution in [-0.2, 0) is 13.0 Å². The van der Waals surface area contributed by atoms with Crippen molar-refractivity contribution in [1.29, 1.82) is 0 Å². The number of primary amides is 1. The number of aromatic amines is 1. The highest BCUT2D eigenvalue weighted by Gasteiger charge is 2.33. The van der Waals surface area contributed by atoms with Gasteiger partial charge in [-0.1, -0.05) is 18.2 Å². The quantitative estimate of drug-likeness (QED) is 0.589. The molecule has 1 fully saturated rings. The molecule has 0 aliphatic carbocycles. The Balaban J connectivity index is 1.16. The first-order chi connectivity index (χ1) is 15.1. The highest BCUT2D eigenvalue weighted by atomic mass is 16.2. The summed E-state index contributed by atoms with van der Waals surface area (Å²) < 4.78 is 0. The van der Waals surface area contributed by atoms with Crippen LogP contribution in [0.2, 0.25) is 0 Å². The van der Waals surface area contributed by atoms with Crippen LogP contribution in [0.3, 0.4) is 0 Å². The average molecular weight is 418 g/mol. The Bertz CT molecular complexity index is 1120. The lowest BCUT2D eigenvalue weighted by Gasteiger charge is -2.44. The van der Waals surface area contributed by atoms with Crippen LogP contribution < -0.4 is 11.1 Å². The SMILES string of the molecule is NC(=O)c1ccc(C(=O)NCCN2CCN3Cc4[nH]c5ccccc5c4CC3C2)cc1. The molecule has 3 heterocycles. The molecule has 1 atom stereocenters. The lowest BCUT2D eigenvalue weighted by molar-refractivity contribution is 0.0600. The lowest BCUT2D eigenvalue weighted by atomic mass is 9.95. The van der Waals surface area contributed by atoms with Crippen molar-refractivity contribution in [1.82, 2.24) is 20.1 Å². The first-order valence-corrected chi connectivity index (χ1v) is 10.8. The van der Waals surface area contributed by atoms with Crippen molar-refractivity contribution < 1.29 is 9.59 Å². The number of nitrogens with one attached hydrogen (secondary N) is 2. The van der Waals surface area contributed by atoms with Crippen LogP contribution in [0.5, 0.6) is 0 Å². The van der Waals surface area contributed by atoms with Gasteiger partial charge in [0.05, 0.1) is 0 Å². The molecule has 2 aliphatic rings. The third-order valence-electron chi connectivity index (χ3n) is 6.54. The summed E-state index contributed by atoms with van der Waals surface area (Å²) in [6, 6.07) is 15.5. The summed E-state index contributed by atoms with van der Waals surface area (Å²) in [6.45, 7) is 5.48. The number of hydrogen-bond acceptors (Lipinski definition) is 4. The first-order valence-electron chi connectivity index (χ1n) is 10.8. The molecule has 2 amide bonds. The maximum absolute atomic E-state index is 12.4. The molecule has 4 N–H and O–H groups in total. The number of nitrogens with zero attached hydrogens (tertiary/aromatic N) is 2. The molecule has 7 heteroatoms. The zero-order valence-electron chi connectivity index (χ0n) is 17.4. The molecule has 0 saturated carbocycles. The second-order valence-corrected chi connectivity index (χ2v) is 8.45. The summed E-state index contributed by atoms with van der Waals surface area (Å²) in [5, 5.41) is 4.34. The Kier molecular flexibility index (Phi) is 5.21. The Morgan fingerprint density at radius 2 is 1.84 bits per heavy atom. The van der Waals surface area contributed by atoms with Gasteiger partial charge in [-0.05, 0) is 42.3 Å². The number of H-pyrrole nitrogens is 1. The van der Waals surface area contributed by atoms with Crippen LogP contribution in [0.25, 0.3) is 10.9 Å². The van der Waals surface area contributed by atoms with Crippen molar-refractivity contribution in [2.24, 2.45) is 5.73 Å². The number of hydrogen-bond donors (Lipinski definition) is 3. The minimum Gasteiger partial charge on any atom is -0.366 e. The molecule has 1 saturated heterocycles. The normalized spacial score (nSPS) is 19.0. The molecule has 0 spiro atoms. The predicted molar refractivity (Wildman–Crippen MR) is 120 cm³/mol. The van der Waals surface area contributed by atoms with Crippen molar-refractivity contribution in [2.45, 2.75) is 19.0 Å². The van der Waals surface area contributed by atoms with E-state index in [9.17, 15) is 9.59 Å². The maximum atomic E-state index is 12.4. The number of piperazine rings is 1. The molecule has 2 aliphatic heterocycles. The molecular formula is C24H27N5O2. The van der Waals surface area contributed by atoms with Crippen molar-refractivity contribution in [3.63, 3.8) is 0 Å². The molecule has 7 nitrogen and oxygen atoms in total. The van der Waals surface area contributed by atoms with Crippen molar-refractivity contribution in [3.8, 4) is 0 Å². The number of benzene rings is 2. The third-order valence-corrected chi connectivity index (χ3v) is 6.54. The minimum atomic E-state index is -0.492. The Hall–Kier alpha value is -3.16. The van der Waals surface area contributed by atoms with Gasteiger partial charge in [-0.25, -0.2) is 0 Å². The van der Waals surface area contributed by atoms with Crippen LogP contribution in [0.4, 0.5) is 0 Å². The predicted octanol–water partition coefficient (Wildman–Crippen LogP) is 1.74. The number of amides is 2. The molecule has 31 heavy (non-hydrogen) atoms. The van der Waals surface area contributed by atoms with Crippen LogP contribution in [-0.4, -0.2) is 65.4 Å². The van der Waals surface area contributed by atoms with Gasteiger partial charge < -0.3 is 16.0 Å². The van der Waals surface area contributed by atoms with E-state index in [4.69, 9.17) is 5.73 Å². The second kappa shape index (κ2) is 8.17. The maximum Gasteiger partial charge on any atom is 0.251 e. The largest absolute Gasteiger partial charge is 0.366 e. The third kappa shape index (κ3) is 3.94. The van der Waals surface area contributed by atoms with E-state index in [0.29, 0.717) is 23.7 Å². The first kappa shape index (κ1) is 19.8. The molecule has 2 aromatic carbocycles. The van der Waals surface area contributed by atoms with Gasteiger partial charge in [0.2, 0.25) is 5.91 Å². The van der Waals surface area contributed by atoms with Gasteiger partial charge in [-0.2, -0.15) is 0 Å². The van der Waals surface area contributed by atoms with E-state index in [1.807, 2.05) is 0 Å². The Morgan fingerprint density at radius 1 is 1.06 bits per heavy atom. The Labute approximate surface area is 181 Å². The van der Waals surface area contributed by atoms with E-state index >= 15 is 0 Å². The molecular weight excluding hydrogens is 390 g/mol. The van der Waals surface area contributed by atoms with Gasteiger partial charge in [0.15, 0.2) is 0 Å². The topological polar surface area (TPSA) is 94.5 Å². The summed E-state index contributed by atoms with van der Waals surface area (Å²) >= 11 is 0. The fraction of sp³-hybridized carbons (Fsp3) is 0.333. The highest BCUT2D eigenvalue weighted by molar-refractivity contribution is 5.97. The monoisotopic (exact) mass is 417 g/mol. The van der Waals surface area contributed by atoms with Gasteiger partial charge in [-0.3, -0.25) is 19.4 Å². The Morgan fingerprint density at radius 3 is 2.65 bits per heavy atom. The standard InChI is InChI=1S/C24H27N5O2/c25-23(30)16-5-7-17(8-6-16)24(31)26-9-10-28-11-12-29-15-22-20(13-18(29)14-28)19-3-1-2-4-21(19)27-22/h1-8,18,27H,9-15H2,(H2,25,30)(H,26,31). The average Bonchev–Trinajstić information content (AvgIpc) is 3.15. The number of para-hydroxylation sites is 1. The van der Waals surface area contributed by atoms with Crippen LogP contribution >= 0.6 is 0 Å². The van der Waals surface area contributed by atoms with E-state index in [0.717, 1.165) is 39.1 Å². The van der Waals surface area contributed by atoms with E-state index in [-0.39, 0.29) is 5.91 Å². The lowest BCUT2D eigenvalue weighted by Crippen LogP contribution is -2.56. The minimum absolute atomic E-state index is 0.129. The summed E-state index contributed by atoms with van der Waals surface area (Å²) in [5.41, 5.74) is 10.2. The highest BCUT2D eigenvalue weighted by Crippen LogP contribution is 2.31. The molecule has 0 bridgehead atoms. The molecule has 5 rings (SSSR count). The number of fused-ring (bicyclic) bond motifs is 4. The molecule has 1 aromatic heterocycles. The zero-order valence-corrected chi connectivity index (χ0v) is 17.4. The zero-order chi connectivity index (χ0) is 21.4. The number of carbonyl (C=O) groups is 2. The molecule has 3 aromatic rings. The van der Waals surface area contributed by atoms with Crippen molar-refractivity contribution >= 4 is 22.7 Å². The van der Waals surface area contributed by atoms with Gasteiger partial charge >= 0.3 is 0 Å². The van der Waals surface area contributed by atoms with Crippen molar-refractivity contribution in [3.05, 3.63) is 70.9 Å². The van der Waals surface area contributed by atoms with E-state index in [1.54, 1.807) is 24.3 Å². The summed E-state index contributed by atoms with van der Waals surface area (Å²) in [5.74, 6) is -0.621. The van der Waals surface area contributed by atoms with Gasteiger partial charge in [-0.15, -0.1) is 0 Å². The molecule has 1 unspecified atom stereocenters. The summed E-state index contributed by atoms with van der Waals surface area (Å²) in [7, 11) is 0. The summed E-state index contributed by atoms with van der Waals surface area (Å²) in [4.78, 5) is 32.2. The van der Waals surface area contributed by atoms with E-state index < -0.39 is 5.91 Å². The van der Waals surface area contributed by atoms with Crippen LogP contribution in [0.15, 0.2) is 48.5 Å². The molecule has 160 valence electrons. The number of rotatable bonds is 5. The van der Waals surface area contributed by atoms with Gasteiger partial charge in [0.25, 0.3) is 5.91 Å². The van der Waals surface area contributed by atoms with E-state index in [2.05, 4.69) is 44.4 Å². The van der Waals surface area contributed by atoms with Crippen LogP contribution in [0.1, 0.15) is 32.0 Å². The fourth-order valence-corrected chi connectivity index (χ4v) is 4.84. The van der Waals surface area contributed by atoms with Crippen molar-refractivity contribution in [2.75, 3.05) is 32.7 Å². The van der Waals surface area contributed by atoms with E-state index in [1.165, 1.54) is 22.2 Å². The molecule has 0 radical (unpaired) electrons. The fourth-order valence-electron chi connectivity index (χ4n) is 4.84. The number of aromatic nitrogens is 1. The summed E-state index contributed by atoms with van der Waals surface area (Å²) in [6.07, 6.45) is 1.06. The van der Waals surface area contributed by atoms with Gasteiger partial charge in [0.1, 0.15) is 0 Å².